The molecular formula is C18H24O4. The Morgan fingerprint density at radius 3 is 2.86 bits per heavy atom. The van der Waals surface area contributed by atoms with Crippen molar-refractivity contribution < 1.29 is 19.4 Å². The number of esters is 1. The highest BCUT2D eigenvalue weighted by Crippen LogP contribution is 2.57. The van der Waals surface area contributed by atoms with E-state index < -0.39 is 17.1 Å². The number of ketones is 1. The van der Waals surface area contributed by atoms with Crippen LogP contribution < -0.4 is 0 Å². The molecule has 0 spiro atoms. The highest BCUT2D eigenvalue weighted by atomic mass is 16.6. The number of allylic oxidation sites excluding steroid dienone is 2. The van der Waals surface area contributed by atoms with Crippen LogP contribution in [0.4, 0.5) is 0 Å². The molecule has 120 valence electrons. The van der Waals surface area contributed by atoms with E-state index in [-0.39, 0.29) is 29.5 Å². The molecule has 22 heavy (non-hydrogen) atoms. The number of hydrogen-bond donors (Lipinski definition) is 1. The number of rotatable bonds is 3. The van der Waals surface area contributed by atoms with Crippen molar-refractivity contribution in [1.29, 1.82) is 0 Å². The lowest BCUT2D eigenvalue weighted by molar-refractivity contribution is -0.166. The van der Waals surface area contributed by atoms with Crippen LogP contribution in [0.2, 0.25) is 0 Å². The summed E-state index contributed by atoms with van der Waals surface area (Å²) in [6.45, 7) is 7.45. The lowest BCUT2D eigenvalue weighted by Gasteiger charge is -2.43. The summed E-state index contributed by atoms with van der Waals surface area (Å²) in [6, 6.07) is 0. The minimum absolute atomic E-state index is 0.00206. The zero-order valence-corrected chi connectivity index (χ0v) is 13.2. The van der Waals surface area contributed by atoms with Gasteiger partial charge in [-0.1, -0.05) is 13.0 Å². The molecule has 3 rings (SSSR count). The maximum absolute atomic E-state index is 12.5. The minimum atomic E-state index is -1.23. The molecule has 1 N–H and O–H groups in total. The summed E-state index contributed by atoms with van der Waals surface area (Å²) >= 11 is 0. The van der Waals surface area contributed by atoms with E-state index in [4.69, 9.17) is 4.74 Å². The monoisotopic (exact) mass is 304 g/mol. The molecule has 3 aliphatic rings. The van der Waals surface area contributed by atoms with Crippen molar-refractivity contribution in [3.63, 3.8) is 0 Å². The van der Waals surface area contributed by atoms with Gasteiger partial charge in [0.15, 0.2) is 5.78 Å². The topological polar surface area (TPSA) is 63.6 Å². The van der Waals surface area contributed by atoms with E-state index in [0.717, 1.165) is 19.3 Å². The second-order valence-electron chi connectivity index (χ2n) is 7.20. The van der Waals surface area contributed by atoms with Crippen molar-refractivity contribution in [2.75, 3.05) is 0 Å². The Balaban J connectivity index is 2.01. The minimum Gasteiger partial charge on any atom is -0.461 e. The molecule has 6 atom stereocenters. The van der Waals surface area contributed by atoms with E-state index in [1.54, 1.807) is 19.1 Å². The third-order valence-corrected chi connectivity index (χ3v) is 6.22. The Kier molecular flexibility index (Phi) is 3.55. The fourth-order valence-electron chi connectivity index (χ4n) is 4.67. The fourth-order valence-corrected chi connectivity index (χ4v) is 4.67. The predicted octanol–water partition coefficient (Wildman–Crippen LogP) is 2.42. The number of carbonyl (C=O) groups excluding carboxylic acids is 2. The van der Waals surface area contributed by atoms with Crippen LogP contribution in [-0.4, -0.2) is 28.6 Å². The molecule has 4 heteroatoms. The molecular weight excluding hydrogens is 280 g/mol. The van der Waals surface area contributed by atoms with Crippen LogP contribution in [0.3, 0.4) is 0 Å². The molecule has 1 aliphatic heterocycles. The molecule has 2 fully saturated rings. The summed E-state index contributed by atoms with van der Waals surface area (Å²) in [5.41, 5.74) is -2.29. The van der Waals surface area contributed by atoms with Gasteiger partial charge in [0, 0.05) is 5.92 Å². The lowest BCUT2D eigenvalue weighted by Crippen LogP contribution is -2.56. The summed E-state index contributed by atoms with van der Waals surface area (Å²) in [5.74, 6) is -0.587. The van der Waals surface area contributed by atoms with Crippen LogP contribution in [0.25, 0.3) is 0 Å². The van der Waals surface area contributed by atoms with Gasteiger partial charge in [0.2, 0.25) is 0 Å². The van der Waals surface area contributed by atoms with Gasteiger partial charge in [0.05, 0.1) is 11.3 Å². The number of carbonyl (C=O) groups is 2. The third-order valence-electron chi connectivity index (χ3n) is 6.22. The molecule has 1 saturated carbocycles. The first-order chi connectivity index (χ1) is 10.4. The Labute approximate surface area is 131 Å². The molecule has 0 bridgehead atoms. The largest absolute Gasteiger partial charge is 0.461 e. The van der Waals surface area contributed by atoms with Crippen molar-refractivity contribution in [3.05, 3.63) is 24.8 Å². The molecule has 0 aromatic carbocycles. The zero-order valence-electron chi connectivity index (χ0n) is 13.2. The number of fused-ring (bicyclic) bond motifs is 3. The quantitative estimate of drug-likeness (QED) is 0.642. The van der Waals surface area contributed by atoms with Crippen molar-refractivity contribution in [2.45, 2.75) is 51.2 Å². The average Bonchev–Trinajstić information content (AvgIpc) is 2.91. The molecule has 0 unspecified atom stereocenters. The van der Waals surface area contributed by atoms with Gasteiger partial charge in [-0.25, -0.2) is 0 Å². The van der Waals surface area contributed by atoms with Gasteiger partial charge in [0.1, 0.15) is 11.7 Å². The molecule has 1 heterocycles. The van der Waals surface area contributed by atoms with Crippen LogP contribution in [0.1, 0.15) is 39.5 Å². The van der Waals surface area contributed by atoms with E-state index >= 15 is 0 Å². The van der Waals surface area contributed by atoms with Gasteiger partial charge in [0.25, 0.3) is 0 Å². The maximum atomic E-state index is 12.5. The van der Waals surface area contributed by atoms with E-state index in [9.17, 15) is 14.7 Å². The smallest absolute Gasteiger partial charge is 0.309 e. The first-order valence-electron chi connectivity index (χ1n) is 8.13. The van der Waals surface area contributed by atoms with Crippen LogP contribution in [-0.2, 0) is 14.3 Å². The highest BCUT2D eigenvalue weighted by molar-refractivity contribution is 6.00. The Morgan fingerprint density at radius 2 is 2.18 bits per heavy atom. The van der Waals surface area contributed by atoms with E-state index in [2.05, 4.69) is 6.58 Å². The van der Waals surface area contributed by atoms with Crippen molar-refractivity contribution in [2.24, 2.45) is 23.2 Å². The van der Waals surface area contributed by atoms with Gasteiger partial charge in [-0.2, -0.15) is 0 Å². The number of ether oxygens (including phenoxy) is 1. The second kappa shape index (κ2) is 5.05. The van der Waals surface area contributed by atoms with E-state index in [1.165, 1.54) is 6.08 Å². The molecule has 0 aromatic rings. The van der Waals surface area contributed by atoms with Crippen molar-refractivity contribution in [3.8, 4) is 0 Å². The number of aliphatic hydroxyl groups is 1. The Hall–Kier alpha value is -1.42. The summed E-state index contributed by atoms with van der Waals surface area (Å²) < 4.78 is 5.66. The molecule has 0 radical (unpaired) electrons. The average molecular weight is 304 g/mol. The fraction of sp³-hybridized carbons (Fsp3) is 0.667. The summed E-state index contributed by atoms with van der Waals surface area (Å²) in [5, 5.41) is 11.2. The standard InChI is InChI=1S/C18H24O4/c1-4-5-6-13-12-8-7-11(2)18(21)10-9-14(19)17(18,3)15(12)22-16(13)20/h4,9-13,15,21H,1,5-8H2,2-3H3/t11-,12-,13+,15+,17-,18+/m0/s1. The van der Waals surface area contributed by atoms with E-state index in [0.29, 0.717) is 6.42 Å². The maximum Gasteiger partial charge on any atom is 0.309 e. The van der Waals surface area contributed by atoms with Crippen LogP contribution in [0.5, 0.6) is 0 Å². The number of hydrogen-bond acceptors (Lipinski definition) is 4. The second-order valence-corrected chi connectivity index (χ2v) is 7.20. The summed E-state index contributed by atoms with van der Waals surface area (Å²) in [7, 11) is 0. The SMILES string of the molecule is C=CCC[C@H]1C(=O)O[C@@H]2[C@H]1CC[C@H](C)[C@]1(O)C=CC(=O)[C@@]21C. The van der Waals surface area contributed by atoms with Crippen molar-refractivity contribution >= 4 is 11.8 Å². The van der Waals surface area contributed by atoms with Crippen LogP contribution in [0.15, 0.2) is 24.8 Å². The third kappa shape index (κ3) is 1.79. The zero-order chi connectivity index (χ0) is 16.1. The predicted molar refractivity (Wildman–Crippen MR) is 81.9 cm³/mol. The van der Waals surface area contributed by atoms with Gasteiger partial charge in [-0.15, -0.1) is 6.58 Å². The molecule has 2 aliphatic carbocycles. The highest BCUT2D eigenvalue weighted by Gasteiger charge is 2.67. The first kappa shape index (κ1) is 15.5. The summed E-state index contributed by atoms with van der Waals surface area (Å²) in [6.07, 6.45) is 7.40. The Bertz CT molecular complexity index is 551. The molecule has 0 amide bonds. The van der Waals surface area contributed by atoms with Crippen LogP contribution >= 0.6 is 0 Å². The lowest BCUT2D eigenvalue weighted by atomic mass is 9.64. The van der Waals surface area contributed by atoms with Crippen LogP contribution in [0, 0.1) is 23.2 Å². The molecule has 1 saturated heterocycles. The molecule has 0 aromatic heterocycles. The van der Waals surface area contributed by atoms with Crippen molar-refractivity contribution in [1.82, 2.24) is 0 Å². The normalized spacial score (nSPS) is 46.9. The Morgan fingerprint density at radius 1 is 1.45 bits per heavy atom. The van der Waals surface area contributed by atoms with Gasteiger partial charge in [-0.3, -0.25) is 9.59 Å². The van der Waals surface area contributed by atoms with Gasteiger partial charge >= 0.3 is 5.97 Å². The summed E-state index contributed by atoms with van der Waals surface area (Å²) in [4.78, 5) is 24.9. The molecule has 4 nitrogen and oxygen atoms in total. The first-order valence-corrected chi connectivity index (χ1v) is 8.13. The van der Waals surface area contributed by atoms with E-state index in [1.807, 2.05) is 6.92 Å². The van der Waals surface area contributed by atoms with Gasteiger partial charge in [-0.05, 0) is 50.7 Å². The van der Waals surface area contributed by atoms with Gasteiger partial charge < -0.3 is 9.84 Å².